The highest BCUT2D eigenvalue weighted by Crippen LogP contribution is 2.19. The molecule has 1 atom stereocenters. The highest BCUT2D eigenvalue weighted by atomic mass is 32.2. The molecule has 2 N–H and O–H groups in total. The van der Waals surface area contributed by atoms with Crippen LogP contribution in [-0.2, 0) is 24.3 Å². The average Bonchev–Trinajstić information content (AvgIpc) is 2.31. The van der Waals surface area contributed by atoms with E-state index in [-0.39, 0.29) is 6.42 Å². The third-order valence-corrected chi connectivity index (χ3v) is 4.50. The van der Waals surface area contributed by atoms with Crippen LogP contribution in [0.2, 0.25) is 0 Å². The maximum atomic E-state index is 12.0. The van der Waals surface area contributed by atoms with E-state index in [4.69, 9.17) is 5.11 Å². The monoisotopic (exact) mass is 309 g/mol. The van der Waals surface area contributed by atoms with Gasteiger partial charge in [-0.05, 0) is 20.3 Å². The fourth-order valence-electron chi connectivity index (χ4n) is 1.71. The molecule has 0 heterocycles. The van der Waals surface area contributed by atoms with Gasteiger partial charge >= 0.3 is 11.9 Å². The molecule has 0 saturated heterocycles. The summed E-state index contributed by atoms with van der Waals surface area (Å²) in [4.78, 5) is 22.5. The largest absolute Gasteiger partial charge is 0.480 e. The van der Waals surface area contributed by atoms with Crippen LogP contribution in [0.3, 0.4) is 0 Å². The van der Waals surface area contributed by atoms with E-state index in [9.17, 15) is 18.0 Å². The van der Waals surface area contributed by atoms with Gasteiger partial charge in [-0.1, -0.05) is 19.8 Å². The van der Waals surface area contributed by atoms with Gasteiger partial charge in [0.1, 0.15) is 6.04 Å². The van der Waals surface area contributed by atoms with E-state index in [2.05, 4.69) is 9.46 Å². The van der Waals surface area contributed by atoms with Crippen molar-refractivity contribution in [2.75, 3.05) is 12.9 Å². The summed E-state index contributed by atoms with van der Waals surface area (Å²) in [5.74, 6) is -2.41. The van der Waals surface area contributed by atoms with Crippen LogP contribution in [0, 0.1) is 5.41 Å². The third kappa shape index (κ3) is 6.33. The molecule has 0 aromatic heterocycles. The number of carbonyl (C=O) groups is 2. The lowest BCUT2D eigenvalue weighted by Gasteiger charge is -2.22. The summed E-state index contributed by atoms with van der Waals surface area (Å²) >= 11 is 0. The van der Waals surface area contributed by atoms with E-state index >= 15 is 0 Å². The molecule has 0 rings (SSSR count). The Balaban J connectivity index is 4.87. The first-order valence-electron chi connectivity index (χ1n) is 6.37. The summed E-state index contributed by atoms with van der Waals surface area (Å²) in [7, 11) is -2.73. The maximum Gasteiger partial charge on any atom is 0.321 e. The number of rotatable bonds is 9. The number of methoxy groups -OCH3 is 1. The fraction of sp³-hybridized carbons (Fsp3) is 0.833. The lowest BCUT2D eigenvalue weighted by atomic mass is 9.97. The summed E-state index contributed by atoms with van der Waals surface area (Å²) in [5, 5.41) is 9.00. The molecule has 0 aliphatic heterocycles. The van der Waals surface area contributed by atoms with Gasteiger partial charge < -0.3 is 9.84 Å². The van der Waals surface area contributed by atoms with Crippen molar-refractivity contribution in [3.8, 4) is 0 Å². The average molecular weight is 309 g/mol. The summed E-state index contributed by atoms with van der Waals surface area (Å²) in [6.45, 7) is 4.74. The first-order chi connectivity index (χ1) is 9.05. The van der Waals surface area contributed by atoms with Crippen molar-refractivity contribution >= 4 is 22.0 Å². The van der Waals surface area contributed by atoms with E-state index in [1.54, 1.807) is 0 Å². The van der Waals surface area contributed by atoms with Crippen molar-refractivity contribution in [1.29, 1.82) is 0 Å². The molecule has 0 aromatic carbocycles. The number of aliphatic carboxylic acids is 1. The fourth-order valence-corrected chi connectivity index (χ4v) is 3.51. The molecule has 0 aliphatic carbocycles. The molecule has 0 saturated carbocycles. The van der Waals surface area contributed by atoms with Gasteiger partial charge in [0.25, 0.3) is 0 Å². The van der Waals surface area contributed by atoms with E-state index in [0.717, 1.165) is 6.42 Å². The Bertz CT molecular complexity index is 443. The Kier molecular flexibility index (Phi) is 7.15. The topological polar surface area (TPSA) is 110 Å². The molecule has 0 radical (unpaired) electrons. The van der Waals surface area contributed by atoms with Crippen molar-refractivity contribution in [3.63, 3.8) is 0 Å². The van der Waals surface area contributed by atoms with Crippen molar-refractivity contribution in [3.05, 3.63) is 0 Å². The number of carboxylic acid groups (broad SMARTS) is 1. The molecule has 0 unspecified atom stereocenters. The minimum Gasteiger partial charge on any atom is -0.480 e. The molecule has 0 amide bonds. The maximum absolute atomic E-state index is 12.0. The van der Waals surface area contributed by atoms with E-state index < -0.39 is 39.2 Å². The van der Waals surface area contributed by atoms with Gasteiger partial charge in [0.15, 0.2) is 0 Å². The number of unbranched alkanes of at least 4 members (excludes halogenated alkanes) is 1. The van der Waals surface area contributed by atoms with Gasteiger partial charge in [0.05, 0.1) is 18.3 Å². The summed E-state index contributed by atoms with van der Waals surface area (Å²) in [6.07, 6.45) is 1.57. The van der Waals surface area contributed by atoms with Gasteiger partial charge in [-0.25, -0.2) is 13.1 Å². The molecule has 0 bridgehead atoms. The summed E-state index contributed by atoms with van der Waals surface area (Å²) in [6, 6.07) is -1.17. The van der Waals surface area contributed by atoms with E-state index in [1.165, 1.54) is 21.0 Å². The van der Waals surface area contributed by atoms with Crippen LogP contribution in [0.4, 0.5) is 0 Å². The van der Waals surface area contributed by atoms with Crippen molar-refractivity contribution in [2.45, 2.75) is 46.1 Å². The molecule has 7 nitrogen and oxygen atoms in total. The molecule has 0 aromatic rings. The molecule has 8 heteroatoms. The van der Waals surface area contributed by atoms with Gasteiger partial charge in [0, 0.05) is 0 Å². The SMILES string of the molecule is CCCC[C@H](NS(=O)(=O)CC(C)(C)C(=O)OC)C(=O)O. The third-order valence-electron chi connectivity index (χ3n) is 2.76. The number of hydrogen-bond donors (Lipinski definition) is 2. The van der Waals surface area contributed by atoms with Crippen LogP contribution in [0.25, 0.3) is 0 Å². The molecule has 118 valence electrons. The predicted octanol–water partition coefficient (Wildman–Crippen LogP) is 0.748. The van der Waals surface area contributed by atoms with Gasteiger partial charge in [-0.3, -0.25) is 9.59 Å². The Labute approximate surface area is 119 Å². The van der Waals surface area contributed by atoms with Crippen LogP contribution in [0.1, 0.15) is 40.0 Å². The zero-order valence-electron chi connectivity index (χ0n) is 12.3. The minimum atomic E-state index is -3.90. The molecule has 0 aliphatic rings. The summed E-state index contributed by atoms with van der Waals surface area (Å²) in [5.41, 5.74) is -1.24. The molecular formula is C12H23NO6S. The molecular weight excluding hydrogens is 286 g/mol. The van der Waals surface area contributed by atoms with Gasteiger partial charge in [-0.15, -0.1) is 0 Å². The van der Waals surface area contributed by atoms with Crippen molar-refractivity contribution < 1.29 is 27.9 Å². The van der Waals surface area contributed by atoms with Crippen LogP contribution >= 0.6 is 0 Å². The number of carbonyl (C=O) groups excluding carboxylic acids is 1. The lowest BCUT2D eigenvalue weighted by molar-refractivity contribution is -0.149. The zero-order chi connectivity index (χ0) is 16.0. The molecule has 0 spiro atoms. The second kappa shape index (κ2) is 7.58. The van der Waals surface area contributed by atoms with Gasteiger partial charge in [-0.2, -0.15) is 0 Å². The molecule has 20 heavy (non-hydrogen) atoms. The Morgan fingerprint density at radius 2 is 1.90 bits per heavy atom. The second-order valence-electron chi connectivity index (χ2n) is 5.29. The normalized spacial score (nSPS) is 13.8. The van der Waals surface area contributed by atoms with Crippen molar-refractivity contribution in [1.82, 2.24) is 4.72 Å². The highest BCUT2D eigenvalue weighted by molar-refractivity contribution is 7.89. The van der Waals surface area contributed by atoms with Crippen LogP contribution in [0.5, 0.6) is 0 Å². The number of nitrogens with one attached hydrogen (secondary N) is 1. The lowest BCUT2D eigenvalue weighted by Crippen LogP contribution is -2.45. The smallest absolute Gasteiger partial charge is 0.321 e. The Morgan fingerprint density at radius 3 is 2.30 bits per heavy atom. The second-order valence-corrected chi connectivity index (χ2v) is 7.04. The first kappa shape index (κ1) is 18.9. The van der Waals surface area contributed by atoms with Gasteiger partial charge in [0.2, 0.25) is 10.0 Å². The quantitative estimate of drug-likeness (QED) is 0.608. The first-order valence-corrected chi connectivity index (χ1v) is 8.02. The Hall–Kier alpha value is -1.15. The minimum absolute atomic E-state index is 0.212. The number of carboxylic acids is 1. The van der Waals surface area contributed by atoms with Crippen LogP contribution in [0.15, 0.2) is 0 Å². The summed E-state index contributed by atoms with van der Waals surface area (Å²) < 4.78 is 30.6. The Morgan fingerprint density at radius 1 is 1.35 bits per heavy atom. The number of sulfonamides is 1. The number of esters is 1. The van der Waals surface area contributed by atoms with Crippen LogP contribution < -0.4 is 4.72 Å². The standard InChI is InChI=1S/C12H23NO6S/c1-5-6-7-9(10(14)15)13-20(17,18)8-12(2,3)11(16)19-4/h9,13H,5-8H2,1-4H3,(H,14,15)/t9-/m0/s1. The molecule has 0 fully saturated rings. The number of hydrogen-bond acceptors (Lipinski definition) is 5. The van der Waals surface area contributed by atoms with E-state index in [1.807, 2.05) is 6.92 Å². The highest BCUT2D eigenvalue weighted by Gasteiger charge is 2.36. The van der Waals surface area contributed by atoms with E-state index in [0.29, 0.717) is 6.42 Å². The number of ether oxygens (including phenoxy) is 1. The zero-order valence-corrected chi connectivity index (χ0v) is 13.1. The van der Waals surface area contributed by atoms with Crippen molar-refractivity contribution in [2.24, 2.45) is 5.41 Å². The van der Waals surface area contributed by atoms with Crippen LogP contribution in [-0.4, -0.2) is 44.4 Å². The predicted molar refractivity (Wildman–Crippen MR) is 73.7 cm³/mol.